The van der Waals surface area contributed by atoms with Crippen molar-refractivity contribution in [3.8, 4) is 0 Å². The molecule has 0 radical (unpaired) electrons. The van der Waals surface area contributed by atoms with Gasteiger partial charge in [-0.1, -0.05) is 12.1 Å². The number of sulfone groups is 1. The van der Waals surface area contributed by atoms with Crippen LogP contribution in [-0.2, 0) is 19.9 Å². The van der Waals surface area contributed by atoms with Gasteiger partial charge >= 0.3 is 0 Å². The number of para-hydroxylation sites is 1. The van der Waals surface area contributed by atoms with Gasteiger partial charge in [-0.3, -0.25) is 0 Å². The van der Waals surface area contributed by atoms with Crippen molar-refractivity contribution < 1.29 is 16.8 Å². The summed E-state index contributed by atoms with van der Waals surface area (Å²) in [6, 6.07) is 6.77. The van der Waals surface area contributed by atoms with E-state index in [2.05, 4.69) is 4.72 Å². The van der Waals surface area contributed by atoms with E-state index in [9.17, 15) is 16.8 Å². The van der Waals surface area contributed by atoms with Crippen molar-refractivity contribution in [1.82, 2.24) is 4.72 Å². The van der Waals surface area contributed by atoms with Crippen LogP contribution in [0.2, 0.25) is 0 Å². The van der Waals surface area contributed by atoms with Crippen LogP contribution >= 0.6 is 11.8 Å². The lowest BCUT2D eigenvalue weighted by molar-refractivity contribution is 0.564. The van der Waals surface area contributed by atoms with Crippen LogP contribution in [-0.4, -0.2) is 45.9 Å². The predicted molar refractivity (Wildman–Crippen MR) is 85.6 cm³/mol. The summed E-state index contributed by atoms with van der Waals surface area (Å²) in [4.78, 5) is 0.844. The molecule has 1 fully saturated rings. The van der Waals surface area contributed by atoms with Gasteiger partial charge in [0.25, 0.3) is 0 Å². The highest BCUT2D eigenvalue weighted by molar-refractivity contribution is 8.00. The van der Waals surface area contributed by atoms with Crippen molar-refractivity contribution in [2.45, 2.75) is 17.4 Å². The van der Waals surface area contributed by atoms with E-state index in [1.807, 2.05) is 18.2 Å². The zero-order valence-corrected chi connectivity index (χ0v) is 13.8. The minimum atomic E-state index is -3.47. The quantitative estimate of drug-likeness (QED) is 0.570. The standard InChI is InChI=1S/C12H18N2O4S3/c13-11-3-1-2-4-12(11)19-6-8-21(17,18)14-10-5-7-20(15,16)9-10/h1-4,10,14H,5-9,13H2. The summed E-state index contributed by atoms with van der Waals surface area (Å²) in [5.41, 5.74) is 6.40. The Morgan fingerprint density at radius 1 is 1.33 bits per heavy atom. The highest BCUT2D eigenvalue weighted by Crippen LogP contribution is 2.24. The van der Waals surface area contributed by atoms with Gasteiger partial charge in [-0.05, 0) is 18.6 Å². The molecule has 1 aromatic rings. The Morgan fingerprint density at radius 2 is 2.05 bits per heavy atom. The maximum absolute atomic E-state index is 11.9. The van der Waals surface area contributed by atoms with Gasteiger partial charge in [0, 0.05) is 22.4 Å². The van der Waals surface area contributed by atoms with Gasteiger partial charge in [-0.25, -0.2) is 21.6 Å². The zero-order valence-electron chi connectivity index (χ0n) is 11.4. The molecule has 6 nitrogen and oxygen atoms in total. The first kappa shape index (κ1) is 16.6. The SMILES string of the molecule is Nc1ccccc1SCCS(=O)(=O)NC1CCS(=O)(=O)C1. The second-order valence-corrected chi connectivity index (χ2v) is 10.2. The van der Waals surface area contributed by atoms with Gasteiger partial charge < -0.3 is 5.73 Å². The fourth-order valence-corrected chi connectivity index (χ4v) is 6.52. The number of hydrogen-bond acceptors (Lipinski definition) is 6. The van der Waals surface area contributed by atoms with Crippen LogP contribution in [0.5, 0.6) is 0 Å². The second kappa shape index (κ2) is 6.55. The van der Waals surface area contributed by atoms with E-state index in [0.717, 1.165) is 4.90 Å². The molecule has 0 saturated carbocycles. The van der Waals surface area contributed by atoms with Crippen molar-refractivity contribution in [3.05, 3.63) is 24.3 Å². The lowest BCUT2D eigenvalue weighted by Crippen LogP contribution is -2.37. The lowest BCUT2D eigenvalue weighted by atomic mass is 10.3. The van der Waals surface area contributed by atoms with Crippen molar-refractivity contribution >= 4 is 37.3 Å². The van der Waals surface area contributed by atoms with Gasteiger partial charge in [0.15, 0.2) is 9.84 Å². The lowest BCUT2D eigenvalue weighted by Gasteiger charge is -2.11. The van der Waals surface area contributed by atoms with Crippen LogP contribution in [0.3, 0.4) is 0 Å². The minimum Gasteiger partial charge on any atom is -0.398 e. The summed E-state index contributed by atoms with van der Waals surface area (Å²) < 4.78 is 48.9. The number of nitrogen functional groups attached to an aromatic ring is 1. The van der Waals surface area contributed by atoms with E-state index in [1.54, 1.807) is 6.07 Å². The van der Waals surface area contributed by atoms with Crippen LogP contribution < -0.4 is 10.5 Å². The number of rotatable bonds is 6. The van der Waals surface area contributed by atoms with Crippen molar-refractivity contribution in [3.63, 3.8) is 0 Å². The molecule has 1 aliphatic rings. The maximum atomic E-state index is 11.9. The van der Waals surface area contributed by atoms with Gasteiger partial charge in [0.05, 0.1) is 17.3 Å². The molecule has 1 saturated heterocycles. The molecule has 21 heavy (non-hydrogen) atoms. The second-order valence-electron chi connectivity index (χ2n) is 4.92. The summed E-state index contributed by atoms with van der Waals surface area (Å²) in [6.45, 7) is 0. The van der Waals surface area contributed by atoms with Gasteiger partial charge in [0.2, 0.25) is 10.0 Å². The Labute approximate surface area is 129 Å². The molecule has 0 bridgehead atoms. The molecular formula is C12H18N2O4S3. The van der Waals surface area contributed by atoms with E-state index in [-0.39, 0.29) is 17.3 Å². The molecule has 1 unspecified atom stereocenters. The van der Waals surface area contributed by atoms with Gasteiger partial charge in [-0.15, -0.1) is 11.8 Å². The Morgan fingerprint density at radius 3 is 2.67 bits per heavy atom. The molecule has 1 atom stereocenters. The molecular weight excluding hydrogens is 332 g/mol. The monoisotopic (exact) mass is 350 g/mol. The van der Waals surface area contributed by atoms with Crippen LogP contribution in [0.4, 0.5) is 5.69 Å². The molecule has 1 aromatic carbocycles. The van der Waals surface area contributed by atoms with E-state index in [4.69, 9.17) is 5.73 Å². The van der Waals surface area contributed by atoms with Crippen molar-refractivity contribution in [2.75, 3.05) is 28.7 Å². The first-order valence-corrected chi connectivity index (χ1v) is 10.9. The number of nitrogens with one attached hydrogen (secondary N) is 1. The molecule has 1 heterocycles. The molecule has 0 spiro atoms. The summed E-state index contributed by atoms with van der Waals surface area (Å²) in [5.74, 6) is 0.242. The normalized spacial score (nSPS) is 21.4. The summed E-state index contributed by atoms with van der Waals surface area (Å²) in [7, 11) is -6.56. The highest BCUT2D eigenvalue weighted by Gasteiger charge is 2.30. The number of nitrogens with two attached hydrogens (primary N) is 1. The Kier molecular flexibility index (Phi) is 5.18. The number of hydrogen-bond donors (Lipinski definition) is 2. The third kappa shape index (κ3) is 5.17. The zero-order chi connectivity index (χ0) is 15.5. The van der Waals surface area contributed by atoms with Crippen LogP contribution in [0.1, 0.15) is 6.42 Å². The third-order valence-electron chi connectivity index (χ3n) is 3.11. The van der Waals surface area contributed by atoms with Crippen molar-refractivity contribution in [2.24, 2.45) is 0 Å². The van der Waals surface area contributed by atoms with Gasteiger partial charge in [0.1, 0.15) is 0 Å². The molecule has 9 heteroatoms. The van der Waals surface area contributed by atoms with E-state index < -0.39 is 25.9 Å². The van der Waals surface area contributed by atoms with E-state index in [0.29, 0.717) is 17.9 Å². The average Bonchev–Trinajstić information content (AvgIpc) is 2.70. The first-order valence-electron chi connectivity index (χ1n) is 6.45. The smallest absolute Gasteiger partial charge is 0.212 e. The molecule has 118 valence electrons. The number of sulfonamides is 1. The van der Waals surface area contributed by atoms with Crippen LogP contribution in [0.25, 0.3) is 0 Å². The maximum Gasteiger partial charge on any atom is 0.212 e. The molecule has 1 aliphatic heterocycles. The molecule has 3 N–H and O–H groups in total. The molecule has 0 aromatic heterocycles. The topological polar surface area (TPSA) is 106 Å². The molecule has 2 rings (SSSR count). The fraction of sp³-hybridized carbons (Fsp3) is 0.500. The highest BCUT2D eigenvalue weighted by atomic mass is 32.2. The fourth-order valence-electron chi connectivity index (χ4n) is 2.07. The largest absolute Gasteiger partial charge is 0.398 e. The average molecular weight is 350 g/mol. The minimum absolute atomic E-state index is 0.0511. The first-order chi connectivity index (χ1) is 9.77. The van der Waals surface area contributed by atoms with Gasteiger partial charge in [-0.2, -0.15) is 0 Å². The summed E-state index contributed by atoms with van der Waals surface area (Å²) in [5, 5.41) is 0. The number of benzene rings is 1. The number of anilines is 1. The van der Waals surface area contributed by atoms with E-state index >= 15 is 0 Å². The summed E-state index contributed by atoms with van der Waals surface area (Å²) >= 11 is 1.37. The van der Waals surface area contributed by atoms with Crippen molar-refractivity contribution in [1.29, 1.82) is 0 Å². The number of thioether (sulfide) groups is 1. The molecule has 0 aliphatic carbocycles. The third-order valence-corrected chi connectivity index (χ3v) is 7.66. The Bertz CT molecular complexity index is 701. The van der Waals surface area contributed by atoms with Crippen LogP contribution in [0.15, 0.2) is 29.2 Å². The van der Waals surface area contributed by atoms with Crippen LogP contribution in [0, 0.1) is 0 Å². The van der Waals surface area contributed by atoms with E-state index in [1.165, 1.54) is 11.8 Å². The Hall–Kier alpha value is -0.770. The predicted octanol–water partition coefficient (Wildman–Crippen LogP) is 0.467. The summed E-state index contributed by atoms with van der Waals surface area (Å²) in [6.07, 6.45) is 0.348. The Balaban J connectivity index is 1.83. The molecule has 0 amide bonds.